The van der Waals surface area contributed by atoms with E-state index in [-0.39, 0.29) is 18.0 Å². The fourth-order valence-corrected chi connectivity index (χ4v) is 0.910. The number of rotatable bonds is 6. The minimum atomic E-state index is -0.422. The molecule has 0 saturated heterocycles. The van der Waals surface area contributed by atoms with E-state index in [4.69, 9.17) is 5.11 Å². The first kappa shape index (κ1) is 13.4. The number of carbonyl (C=O) groups is 1. The van der Waals surface area contributed by atoms with Gasteiger partial charge in [-0.1, -0.05) is 6.92 Å². The lowest BCUT2D eigenvalue weighted by Crippen LogP contribution is -2.46. The quantitative estimate of drug-likeness (QED) is 0.579. The largest absolute Gasteiger partial charge is 0.392 e. The normalized spacial score (nSPS) is 17.2. The zero-order chi connectivity index (χ0) is 11.1. The molecule has 0 rings (SSSR count). The molecule has 3 unspecified atom stereocenters. The van der Waals surface area contributed by atoms with E-state index in [1.807, 2.05) is 13.8 Å². The molecule has 0 aliphatic carbocycles. The summed E-state index contributed by atoms with van der Waals surface area (Å²) in [4.78, 5) is 11.5. The molecule has 84 valence electrons. The molecule has 14 heavy (non-hydrogen) atoms. The van der Waals surface area contributed by atoms with E-state index in [2.05, 4.69) is 10.6 Å². The first-order chi connectivity index (χ1) is 6.47. The number of hydrogen-bond acceptors (Lipinski definition) is 3. The second kappa shape index (κ2) is 6.79. The van der Waals surface area contributed by atoms with Gasteiger partial charge in [0, 0.05) is 12.6 Å². The summed E-state index contributed by atoms with van der Waals surface area (Å²) < 4.78 is 0. The van der Waals surface area contributed by atoms with Crippen molar-refractivity contribution in [2.24, 2.45) is 0 Å². The highest BCUT2D eigenvalue weighted by atomic mass is 16.3. The van der Waals surface area contributed by atoms with Gasteiger partial charge in [0.1, 0.15) is 0 Å². The van der Waals surface area contributed by atoms with Crippen LogP contribution in [-0.4, -0.2) is 35.7 Å². The Kier molecular flexibility index (Phi) is 6.49. The lowest BCUT2D eigenvalue weighted by molar-refractivity contribution is -0.123. The summed E-state index contributed by atoms with van der Waals surface area (Å²) in [6, 6.07) is -0.0445. The van der Waals surface area contributed by atoms with Crippen LogP contribution in [0.3, 0.4) is 0 Å². The molecule has 4 nitrogen and oxygen atoms in total. The van der Waals surface area contributed by atoms with Crippen molar-refractivity contribution in [3.05, 3.63) is 0 Å². The minimum Gasteiger partial charge on any atom is -0.392 e. The van der Waals surface area contributed by atoms with Gasteiger partial charge in [0.2, 0.25) is 5.91 Å². The van der Waals surface area contributed by atoms with Crippen LogP contribution >= 0.6 is 0 Å². The van der Waals surface area contributed by atoms with Crippen molar-refractivity contribution in [1.82, 2.24) is 10.6 Å². The van der Waals surface area contributed by atoms with E-state index in [1.165, 1.54) is 0 Å². The number of nitrogens with one attached hydrogen (secondary N) is 2. The van der Waals surface area contributed by atoms with Crippen molar-refractivity contribution < 1.29 is 9.90 Å². The zero-order valence-corrected chi connectivity index (χ0v) is 9.50. The summed E-state index contributed by atoms with van der Waals surface area (Å²) in [5, 5.41) is 14.8. The average molecular weight is 202 g/mol. The molecule has 3 N–H and O–H groups in total. The summed E-state index contributed by atoms with van der Waals surface area (Å²) >= 11 is 0. The van der Waals surface area contributed by atoms with Gasteiger partial charge in [-0.3, -0.25) is 4.79 Å². The predicted octanol–water partition coefficient (Wildman–Crippen LogP) is 0.260. The number of hydrogen-bond donors (Lipinski definition) is 3. The molecule has 0 aromatic rings. The first-order valence-electron chi connectivity index (χ1n) is 5.19. The maximum absolute atomic E-state index is 11.5. The molecule has 4 heteroatoms. The Morgan fingerprint density at radius 3 is 2.36 bits per heavy atom. The highest BCUT2D eigenvalue weighted by molar-refractivity contribution is 5.81. The fourth-order valence-electron chi connectivity index (χ4n) is 0.910. The Morgan fingerprint density at radius 1 is 1.36 bits per heavy atom. The summed E-state index contributed by atoms with van der Waals surface area (Å²) in [7, 11) is 0. The van der Waals surface area contributed by atoms with Crippen LogP contribution in [-0.2, 0) is 4.79 Å². The Bertz CT molecular complexity index is 172. The summed E-state index contributed by atoms with van der Waals surface area (Å²) in [5.41, 5.74) is 0. The molecular formula is C10H22N2O2. The molecule has 1 amide bonds. The highest BCUT2D eigenvalue weighted by Crippen LogP contribution is 1.90. The molecule has 0 aromatic heterocycles. The minimum absolute atomic E-state index is 0.0139. The monoisotopic (exact) mass is 202 g/mol. The van der Waals surface area contributed by atoms with Crippen LogP contribution in [0.2, 0.25) is 0 Å². The lowest BCUT2D eigenvalue weighted by Gasteiger charge is -2.18. The maximum atomic E-state index is 11.5. The number of aliphatic hydroxyl groups is 1. The number of amides is 1. The lowest BCUT2D eigenvalue weighted by atomic mass is 10.2. The van der Waals surface area contributed by atoms with Crippen molar-refractivity contribution in [2.45, 2.75) is 52.3 Å². The van der Waals surface area contributed by atoms with Crippen LogP contribution in [0.1, 0.15) is 34.1 Å². The molecule has 0 spiro atoms. The second-order valence-electron chi connectivity index (χ2n) is 3.80. The third-order valence-electron chi connectivity index (χ3n) is 2.11. The topological polar surface area (TPSA) is 61.4 Å². The van der Waals surface area contributed by atoms with Crippen LogP contribution in [0.4, 0.5) is 0 Å². The molecular weight excluding hydrogens is 180 g/mol. The Morgan fingerprint density at radius 2 is 1.93 bits per heavy atom. The first-order valence-corrected chi connectivity index (χ1v) is 5.19. The number of carbonyl (C=O) groups excluding carboxylic acids is 1. The smallest absolute Gasteiger partial charge is 0.237 e. The van der Waals surface area contributed by atoms with Crippen LogP contribution in [0.5, 0.6) is 0 Å². The third kappa shape index (κ3) is 5.94. The molecule has 3 atom stereocenters. The van der Waals surface area contributed by atoms with Gasteiger partial charge < -0.3 is 15.7 Å². The van der Waals surface area contributed by atoms with Crippen molar-refractivity contribution >= 4 is 5.91 Å². The van der Waals surface area contributed by atoms with Crippen LogP contribution < -0.4 is 10.6 Å². The Labute approximate surface area is 86.1 Å². The van der Waals surface area contributed by atoms with Gasteiger partial charge in [-0.05, 0) is 27.2 Å². The fraction of sp³-hybridized carbons (Fsp3) is 0.900. The zero-order valence-electron chi connectivity index (χ0n) is 9.50. The van der Waals surface area contributed by atoms with Gasteiger partial charge in [0.15, 0.2) is 0 Å². The second-order valence-corrected chi connectivity index (χ2v) is 3.80. The van der Waals surface area contributed by atoms with E-state index in [1.54, 1.807) is 13.8 Å². The van der Waals surface area contributed by atoms with E-state index in [9.17, 15) is 4.79 Å². The third-order valence-corrected chi connectivity index (χ3v) is 2.11. The van der Waals surface area contributed by atoms with Crippen molar-refractivity contribution in [3.63, 3.8) is 0 Å². The maximum Gasteiger partial charge on any atom is 0.237 e. The van der Waals surface area contributed by atoms with Gasteiger partial charge in [0.25, 0.3) is 0 Å². The Hall–Kier alpha value is -0.610. The van der Waals surface area contributed by atoms with Crippen molar-refractivity contribution in [3.8, 4) is 0 Å². The summed E-state index contributed by atoms with van der Waals surface area (Å²) in [6.07, 6.45) is 0.503. The van der Waals surface area contributed by atoms with Gasteiger partial charge in [-0.2, -0.15) is 0 Å². The standard InChI is InChI=1S/C10H22N2O2/c1-5-7(2)12-10(14)9(4)11-6-8(3)13/h7-9,11,13H,5-6H2,1-4H3,(H,12,14). The Balaban J connectivity index is 3.76. The van der Waals surface area contributed by atoms with Crippen LogP contribution in [0.15, 0.2) is 0 Å². The van der Waals surface area contributed by atoms with E-state index in [0.29, 0.717) is 6.54 Å². The highest BCUT2D eigenvalue weighted by Gasteiger charge is 2.13. The molecule has 0 aromatic carbocycles. The van der Waals surface area contributed by atoms with Gasteiger partial charge in [0.05, 0.1) is 12.1 Å². The number of aliphatic hydroxyl groups excluding tert-OH is 1. The molecule has 0 aliphatic heterocycles. The molecule has 0 fully saturated rings. The van der Waals surface area contributed by atoms with Crippen LogP contribution in [0, 0.1) is 0 Å². The summed E-state index contributed by atoms with van der Waals surface area (Å²) in [5.74, 6) is -0.0139. The van der Waals surface area contributed by atoms with Crippen molar-refractivity contribution in [2.75, 3.05) is 6.54 Å². The van der Waals surface area contributed by atoms with Crippen molar-refractivity contribution in [1.29, 1.82) is 0 Å². The summed E-state index contributed by atoms with van der Waals surface area (Å²) in [6.45, 7) is 7.92. The van der Waals surface area contributed by atoms with Gasteiger partial charge in [-0.15, -0.1) is 0 Å². The predicted molar refractivity (Wildman–Crippen MR) is 57.0 cm³/mol. The molecule has 0 heterocycles. The van der Waals surface area contributed by atoms with E-state index in [0.717, 1.165) is 6.42 Å². The molecule has 0 saturated carbocycles. The SMILES string of the molecule is CCC(C)NC(=O)C(C)NCC(C)O. The molecule has 0 aliphatic rings. The van der Waals surface area contributed by atoms with E-state index < -0.39 is 6.10 Å². The van der Waals surface area contributed by atoms with Crippen LogP contribution in [0.25, 0.3) is 0 Å². The van der Waals surface area contributed by atoms with Gasteiger partial charge >= 0.3 is 0 Å². The van der Waals surface area contributed by atoms with E-state index >= 15 is 0 Å². The molecule has 0 radical (unpaired) electrons. The van der Waals surface area contributed by atoms with Gasteiger partial charge in [-0.25, -0.2) is 0 Å². The molecule has 0 bridgehead atoms. The average Bonchev–Trinajstić information content (AvgIpc) is 2.13.